The molecule has 0 spiro atoms. The standard InChI is InChI=1S/C26H39FN2O5/c1-4-13-28-24(33)34-22-11-12-25(2)19(20(31)9-10-21(25)26(22,3)16-30)14-23(32)29-15-17-5-7-18(27)8-6-17/h5-8,19-22,30-31H,4,9-16H2,1-3H3,(H,28,33)(H,29,32)/t19-,20-,21-,22-,25+,26+/m1/s1. The molecule has 0 unspecified atom stereocenters. The van der Waals surface area contributed by atoms with E-state index < -0.39 is 23.7 Å². The molecule has 0 bridgehead atoms. The predicted molar refractivity (Wildman–Crippen MR) is 126 cm³/mol. The topological polar surface area (TPSA) is 108 Å². The number of fused-ring (bicyclic) bond motifs is 1. The van der Waals surface area contributed by atoms with Gasteiger partial charge in [0.05, 0.1) is 12.7 Å². The molecule has 4 N–H and O–H groups in total. The number of carbonyl (C=O) groups is 2. The minimum Gasteiger partial charge on any atom is -0.446 e. The highest BCUT2D eigenvalue weighted by molar-refractivity contribution is 5.76. The number of benzene rings is 1. The molecule has 0 radical (unpaired) electrons. The summed E-state index contributed by atoms with van der Waals surface area (Å²) in [7, 11) is 0. The van der Waals surface area contributed by atoms with Crippen molar-refractivity contribution in [1.29, 1.82) is 0 Å². The number of ether oxygens (including phenoxy) is 1. The second kappa shape index (κ2) is 11.0. The summed E-state index contributed by atoms with van der Waals surface area (Å²) >= 11 is 0. The maximum Gasteiger partial charge on any atom is 0.407 e. The molecule has 190 valence electrons. The lowest BCUT2D eigenvalue weighted by molar-refractivity contribution is -0.186. The van der Waals surface area contributed by atoms with E-state index in [0.29, 0.717) is 38.8 Å². The van der Waals surface area contributed by atoms with Gasteiger partial charge in [-0.25, -0.2) is 9.18 Å². The number of hydrogen-bond donors (Lipinski definition) is 4. The maximum absolute atomic E-state index is 13.1. The highest BCUT2D eigenvalue weighted by atomic mass is 19.1. The van der Waals surface area contributed by atoms with E-state index in [2.05, 4.69) is 17.6 Å². The van der Waals surface area contributed by atoms with Gasteiger partial charge >= 0.3 is 6.09 Å². The van der Waals surface area contributed by atoms with E-state index in [-0.39, 0.29) is 42.0 Å². The van der Waals surface area contributed by atoms with E-state index in [4.69, 9.17) is 4.74 Å². The predicted octanol–water partition coefficient (Wildman–Crippen LogP) is 3.52. The lowest BCUT2D eigenvalue weighted by atomic mass is 9.46. The molecule has 2 saturated carbocycles. The van der Waals surface area contributed by atoms with Crippen molar-refractivity contribution in [1.82, 2.24) is 10.6 Å². The van der Waals surface area contributed by atoms with Crippen LogP contribution < -0.4 is 10.6 Å². The van der Waals surface area contributed by atoms with Gasteiger partial charge in [-0.05, 0) is 67.1 Å². The average Bonchev–Trinajstić information content (AvgIpc) is 2.81. The molecule has 0 saturated heterocycles. The SMILES string of the molecule is CCCNC(=O)O[C@@H]1CC[C@]2(C)[C@@H](CC[C@@H](O)[C@H]2CC(=O)NCc2ccc(F)cc2)[C@]1(C)CO. The van der Waals surface area contributed by atoms with Crippen molar-refractivity contribution in [2.24, 2.45) is 22.7 Å². The highest BCUT2D eigenvalue weighted by Crippen LogP contribution is 2.61. The molecule has 1 aromatic rings. The smallest absolute Gasteiger partial charge is 0.407 e. The number of rotatable bonds is 8. The summed E-state index contributed by atoms with van der Waals surface area (Å²) in [5, 5.41) is 27.0. The normalized spacial score (nSPS) is 33.0. The fraction of sp³-hybridized carbons (Fsp3) is 0.692. The van der Waals surface area contributed by atoms with E-state index in [1.807, 2.05) is 13.8 Å². The molecule has 7 nitrogen and oxygen atoms in total. The number of hydrogen-bond acceptors (Lipinski definition) is 5. The summed E-state index contributed by atoms with van der Waals surface area (Å²) in [6.07, 6.45) is 1.92. The molecule has 2 aliphatic rings. The van der Waals surface area contributed by atoms with Crippen LogP contribution in [0.15, 0.2) is 24.3 Å². The molecule has 0 aromatic heterocycles. The average molecular weight is 479 g/mol. The minimum atomic E-state index is -0.667. The maximum atomic E-state index is 13.1. The summed E-state index contributed by atoms with van der Waals surface area (Å²) < 4.78 is 18.9. The van der Waals surface area contributed by atoms with Gasteiger partial charge in [-0.3, -0.25) is 4.79 Å². The van der Waals surface area contributed by atoms with Gasteiger partial charge in [0.15, 0.2) is 0 Å². The molecule has 3 rings (SSSR count). The Balaban J connectivity index is 1.71. The van der Waals surface area contributed by atoms with Crippen LogP contribution in [0, 0.1) is 28.5 Å². The van der Waals surface area contributed by atoms with Gasteiger partial charge in [0.2, 0.25) is 5.91 Å². The van der Waals surface area contributed by atoms with Crippen LogP contribution in [-0.4, -0.2) is 47.6 Å². The molecular weight excluding hydrogens is 439 g/mol. The molecule has 0 aliphatic heterocycles. The van der Waals surface area contributed by atoms with Crippen LogP contribution in [0.25, 0.3) is 0 Å². The largest absolute Gasteiger partial charge is 0.446 e. The van der Waals surface area contributed by atoms with E-state index in [0.717, 1.165) is 12.0 Å². The Morgan fingerprint density at radius 3 is 2.50 bits per heavy atom. The van der Waals surface area contributed by atoms with E-state index in [1.54, 1.807) is 12.1 Å². The fourth-order valence-electron chi connectivity index (χ4n) is 6.25. The third-order valence-corrected chi connectivity index (χ3v) is 8.25. The van der Waals surface area contributed by atoms with E-state index in [1.165, 1.54) is 12.1 Å². The zero-order valence-electron chi connectivity index (χ0n) is 20.5. The zero-order valence-corrected chi connectivity index (χ0v) is 20.5. The van der Waals surface area contributed by atoms with Gasteiger partial charge in [-0.2, -0.15) is 0 Å². The van der Waals surface area contributed by atoms with Crippen LogP contribution in [0.5, 0.6) is 0 Å². The van der Waals surface area contributed by atoms with Crippen LogP contribution in [0.2, 0.25) is 0 Å². The summed E-state index contributed by atoms with van der Waals surface area (Å²) in [5.41, 5.74) is -0.253. The third-order valence-electron chi connectivity index (χ3n) is 8.25. The van der Waals surface area contributed by atoms with Gasteiger partial charge in [0, 0.05) is 24.9 Å². The van der Waals surface area contributed by atoms with Crippen LogP contribution in [0.3, 0.4) is 0 Å². The monoisotopic (exact) mass is 478 g/mol. The lowest BCUT2D eigenvalue weighted by Crippen LogP contribution is -2.61. The van der Waals surface area contributed by atoms with Gasteiger partial charge in [0.25, 0.3) is 0 Å². The second-order valence-electron chi connectivity index (χ2n) is 10.4. The number of amides is 2. The first-order chi connectivity index (χ1) is 16.1. The van der Waals surface area contributed by atoms with Crippen LogP contribution in [0.1, 0.15) is 64.9 Å². The second-order valence-corrected chi connectivity index (χ2v) is 10.4. The Kier molecular flexibility index (Phi) is 8.57. The molecule has 2 aliphatic carbocycles. The summed E-state index contributed by atoms with van der Waals surface area (Å²) in [4.78, 5) is 25.1. The van der Waals surface area contributed by atoms with Crippen molar-refractivity contribution in [2.45, 2.75) is 78.0 Å². The molecule has 1 aromatic carbocycles. The number of aliphatic hydroxyl groups is 2. The fourth-order valence-corrected chi connectivity index (χ4v) is 6.25. The first-order valence-corrected chi connectivity index (χ1v) is 12.4. The minimum absolute atomic E-state index is 0.0129. The molecule has 2 fully saturated rings. The van der Waals surface area contributed by atoms with Gasteiger partial charge in [-0.1, -0.05) is 32.9 Å². The Labute approximate surface area is 201 Å². The Morgan fingerprint density at radius 2 is 1.85 bits per heavy atom. The number of nitrogens with one attached hydrogen (secondary N) is 2. The van der Waals surface area contributed by atoms with Crippen molar-refractivity contribution in [3.05, 3.63) is 35.6 Å². The summed E-state index contributed by atoms with van der Waals surface area (Å²) in [5.74, 6) is -0.784. The molecule has 8 heteroatoms. The Morgan fingerprint density at radius 1 is 1.15 bits per heavy atom. The number of halogens is 1. The Bertz CT molecular complexity index is 850. The van der Waals surface area contributed by atoms with Gasteiger partial charge in [0.1, 0.15) is 11.9 Å². The van der Waals surface area contributed by atoms with E-state index >= 15 is 0 Å². The van der Waals surface area contributed by atoms with Crippen molar-refractivity contribution in [3.8, 4) is 0 Å². The number of carbonyl (C=O) groups excluding carboxylic acids is 2. The first kappa shape index (κ1) is 26.4. The van der Waals surface area contributed by atoms with Crippen LogP contribution in [-0.2, 0) is 16.1 Å². The lowest BCUT2D eigenvalue weighted by Gasteiger charge is -2.60. The molecule has 0 heterocycles. The molecule has 2 amide bonds. The first-order valence-electron chi connectivity index (χ1n) is 12.4. The van der Waals surface area contributed by atoms with Crippen molar-refractivity contribution < 1.29 is 28.9 Å². The number of aliphatic hydroxyl groups excluding tert-OH is 2. The summed E-state index contributed by atoms with van der Waals surface area (Å²) in [6.45, 7) is 6.70. The molecule has 34 heavy (non-hydrogen) atoms. The van der Waals surface area contributed by atoms with Crippen LogP contribution >= 0.6 is 0 Å². The van der Waals surface area contributed by atoms with Crippen molar-refractivity contribution in [3.63, 3.8) is 0 Å². The quantitative estimate of drug-likeness (QED) is 0.457. The van der Waals surface area contributed by atoms with Crippen molar-refractivity contribution >= 4 is 12.0 Å². The van der Waals surface area contributed by atoms with Crippen molar-refractivity contribution in [2.75, 3.05) is 13.2 Å². The Hall–Kier alpha value is -2.19. The van der Waals surface area contributed by atoms with E-state index in [9.17, 15) is 24.2 Å². The highest BCUT2D eigenvalue weighted by Gasteiger charge is 2.60. The van der Waals surface area contributed by atoms with Gasteiger partial charge < -0.3 is 25.6 Å². The zero-order chi connectivity index (χ0) is 24.9. The summed E-state index contributed by atoms with van der Waals surface area (Å²) in [6, 6.07) is 5.98. The van der Waals surface area contributed by atoms with Gasteiger partial charge in [-0.15, -0.1) is 0 Å². The third kappa shape index (κ3) is 5.54. The molecular formula is C26H39FN2O5. The number of alkyl carbamates (subject to hydrolysis) is 1. The van der Waals surface area contributed by atoms with Crippen LogP contribution in [0.4, 0.5) is 9.18 Å². The molecule has 6 atom stereocenters.